The van der Waals surface area contributed by atoms with Crippen LogP contribution in [0.15, 0.2) is 61.2 Å². The molecule has 0 atom stereocenters. The van der Waals surface area contributed by atoms with Crippen LogP contribution in [0.1, 0.15) is 5.56 Å². The van der Waals surface area contributed by atoms with Gasteiger partial charge in [0.05, 0.1) is 12.2 Å². The molecule has 0 saturated heterocycles. The summed E-state index contributed by atoms with van der Waals surface area (Å²) in [5, 5.41) is 7.45. The van der Waals surface area contributed by atoms with E-state index >= 15 is 0 Å². The maximum Gasteiger partial charge on any atom is 0.143 e. The second-order valence-corrected chi connectivity index (χ2v) is 5.00. The summed E-state index contributed by atoms with van der Waals surface area (Å²) >= 11 is 0. The molecule has 1 aromatic heterocycles. The Labute approximate surface area is 129 Å². The zero-order valence-electron chi connectivity index (χ0n) is 12.4. The van der Waals surface area contributed by atoms with Gasteiger partial charge in [-0.3, -0.25) is 0 Å². The van der Waals surface area contributed by atoms with Gasteiger partial charge in [-0.2, -0.15) is 5.10 Å². The number of rotatable bonds is 6. The van der Waals surface area contributed by atoms with E-state index in [1.807, 2.05) is 42.5 Å². The quantitative estimate of drug-likeness (QED) is 0.757. The normalized spacial score (nSPS) is 10.4. The molecule has 0 amide bonds. The van der Waals surface area contributed by atoms with E-state index in [4.69, 9.17) is 4.74 Å². The van der Waals surface area contributed by atoms with Gasteiger partial charge in [0.15, 0.2) is 0 Å². The second-order valence-electron chi connectivity index (χ2n) is 5.00. The third-order valence-electron chi connectivity index (χ3n) is 3.23. The minimum atomic E-state index is 0.538. The van der Waals surface area contributed by atoms with Crippen LogP contribution in [0.5, 0.6) is 5.75 Å². The molecule has 1 heterocycles. The summed E-state index contributed by atoms with van der Waals surface area (Å²) in [4.78, 5) is 3.92. The molecule has 0 aliphatic rings. The van der Waals surface area contributed by atoms with Crippen LogP contribution in [-0.4, -0.2) is 21.4 Å². The van der Waals surface area contributed by atoms with E-state index in [0.29, 0.717) is 13.2 Å². The van der Waals surface area contributed by atoms with Crippen molar-refractivity contribution in [3.8, 4) is 5.75 Å². The smallest absolute Gasteiger partial charge is 0.143 e. The van der Waals surface area contributed by atoms with E-state index in [-0.39, 0.29) is 0 Å². The first kappa shape index (κ1) is 14.1. The van der Waals surface area contributed by atoms with Gasteiger partial charge in [0.2, 0.25) is 0 Å². The van der Waals surface area contributed by atoms with Crippen LogP contribution in [0.2, 0.25) is 0 Å². The Morgan fingerprint density at radius 3 is 2.77 bits per heavy atom. The lowest BCUT2D eigenvalue weighted by atomic mass is 10.2. The molecule has 5 nitrogen and oxygen atoms in total. The van der Waals surface area contributed by atoms with Crippen molar-refractivity contribution in [3.05, 3.63) is 66.7 Å². The largest absolute Gasteiger partial charge is 0.489 e. The number of nitrogens with zero attached hydrogens (tertiary/aromatic N) is 3. The number of aryl methyl sites for hydroxylation is 1. The Bertz CT molecular complexity index is 711. The predicted molar refractivity (Wildman–Crippen MR) is 86.4 cm³/mol. The molecule has 1 N–H and O–H groups in total. The predicted octanol–water partition coefficient (Wildman–Crippen LogP) is 3.41. The van der Waals surface area contributed by atoms with Gasteiger partial charge in [-0.25, -0.2) is 9.67 Å². The molecule has 2 aromatic carbocycles. The summed E-state index contributed by atoms with van der Waals surface area (Å²) in [5.74, 6) is 0.837. The van der Waals surface area contributed by atoms with Gasteiger partial charge in [-0.1, -0.05) is 24.3 Å². The Balaban J connectivity index is 1.70. The third kappa shape index (κ3) is 3.63. The summed E-state index contributed by atoms with van der Waals surface area (Å²) in [7, 11) is 0. The number of aromatic nitrogens is 3. The fourth-order valence-corrected chi connectivity index (χ4v) is 2.13. The van der Waals surface area contributed by atoms with E-state index < -0.39 is 0 Å². The van der Waals surface area contributed by atoms with Crippen molar-refractivity contribution in [1.29, 1.82) is 0 Å². The molecule has 0 spiro atoms. The molecule has 0 bridgehead atoms. The number of hydrogen-bond donors (Lipinski definition) is 1. The monoisotopic (exact) mass is 294 g/mol. The third-order valence-corrected chi connectivity index (χ3v) is 3.23. The van der Waals surface area contributed by atoms with Crippen LogP contribution in [0.25, 0.3) is 0 Å². The van der Waals surface area contributed by atoms with E-state index in [0.717, 1.165) is 22.7 Å². The number of para-hydroxylation sites is 1. The molecule has 0 aliphatic carbocycles. The topological polar surface area (TPSA) is 52.0 Å². The lowest BCUT2D eigenvalue weighted by molar-refractivity contribution is 0.292. The SMILES string of the molecule is Cc1ccc(Nc2ccccc2)c(OCCn2cncn2)c1. The number of anilines is 2. The Morgan fingerprint density at radius 1 is 1.14 bits per heavy atom. The highest BCUT2D eigenvalue weighted by atomic mass is 16.5. The van der Waals surface area contributed by atoms with Crippen molar-refractivity contribution < 1.29 is 4.74 Å². The molecule has 112 valence electrons. The molecule has 0 fully saturated rings. The molecular weight excluding hydrogens is 276 g/mol. The molecule has 0 radical (unpaired) electrons. The van der Waals surface area contributed by atoms with Gasteiger partial charge < -0.3 is 10.1 Å². The minimum Gasteiger partial charge on any atom is -0.489 e. The van der Waals surface area contributed by atoms with Crippen LogP contribution in [0.3, 0.4) is 0 Å². The van der Waals surface area contributed by atoms with Crippen molar-refractivity contribution in [2.75, 3.05) is 11.9 Å². The van der Waals surface area contributed by atoms with Crippen LogP contribution >= 0.6 is 0 Å². The number of ether oxygens (including phenoxy) is 1. The molecule has 3 rings (SSSR count). The van der Waals surface area contributed by atoms with Gasteiger partial charge in [-0.05, 0) is 36.8 Å². The van der Waals surface area contributed by atoms with E-state index in [1.165, 1.54) is 6.33 Å². The maximum atomic E-state index is 5.91. The minimum absolute atomic E-state index is 0.538. The Morgan fingerprint density at radius 2 is 2.00 bits per heavy atom. The van der Waals surface area contributed by atoms with Crippen LogP contribution in [0.4, 0.5) is 11.4 Å². The summed E-state index contributed by atoms with van der Waals surface area (Å²) in [6.07, 6.45) is 3.21. The standard InChI is InChI=1S/C17H18N4O/c1-14-7-8-16(20-15-5-3-2-4-6-15)17(11-14)22-10-9-21-13-18-12-19-21/h2-8,11-13,20H,9-10H2,1H3. The first-order valence-electron chi connectivity index (χ1n) is 7.19. The summed E-state index contributed by atoms with van der Waals surface area (Å²) in [5.41, 5.74) is 3.15. The van der Waals surface area contributed by atoms with Crippen molar-refractivity contribution in [1.82, 2.24) is 14.8 Å². The first-order chi connectivity index (χ1) is 10.8. The average Bonchev–Trinajstić information content (AvgIpc) is 3.04. The fourth-order valence-electron chi connectivity index (χ4n) is 2.13. The van der Waals surface area contributed by atoms with Crippen molar-refractivity contribution in [3.63, 3.8) is 0 Å². The number of nitrogens with one attached hydrogen (secondary N) is 1. The van der Waals surface area contributed by atoms with Gasteiger partial charge in [-0.15, -0.1) is 0 Å². The highest BCUT2D eigenvalue weighted by Gasteiger charge is 2.05. The lowest BCUT2D eigenvalue weighted by Crippen LogP contribution is -2.09. The number of hydrogen-bond acceptors (Lipinski definition) is 4. The highest BCUT2D eigenvalue weighted by Crippen LogP contribution is 2.28. The van der Waals surface area contributed by atoms with Crippen molar-refractivity contribution in [2.24, 2.45) is 0 Å². The van der Waals surface area contributed by atoms with Gasteiger partial charge in [0, 0.05) is 5.69 Å². The van der Waals surface area contributed by atoms with Gasteiger partial charge in [0.1, 0.15) is 25.0 Å². The Hall–Kier alpha value is -2.82. The van der Waals surface area contributed by atoms with E-state index in [2.05, 4.69) is 28.4 Å². The van der Waals surface area contributed by atoms with Crippen LogP contribution < -0.4 is 10.1 Å². The zero-order chi connectivity index (χ0) is 15.2. The van der Waals surface area contributed by atoms with Crippen LogP contribution in [0, 0.1) is 6.92 Å². The zero-order valence-corrected chi connectivity index (χ0v) is 12.4. The maximum absolute atomic E-state index is 5.91. The highest BCUT2D eigenvalue weighted by molar-refractivity contribution is 5.66. The first-order valence-corrected chi connectivity index (χ1v) is 7.19. The van der Waals surface area contributed by atoms with Crippen molar-refractivity contribution >= 4 is 11.4 Å². The average molecular weight is 294 g/mol. The van der Waals surface area contributed by atoms with Crippen molar-refractivity contribution in [2.45, 2.75) is 13.5 Å². The molecule has 0 aliphatic heterocycles. The molecule has 0 saturated carbocycles. The lowest BCUT2D eigenvalue weighted by Gasteiger charge is -2.14. The molecule has 22 heavy (non-hydrogen) atoms. The Kier molecular flexibility index (Phi) is 4.34. The van der Waals surface area contributed by atoms with E-state index in [1.54, 1.807) is 11.0 Å². The fraction of sp³-hybridized carbons (Fsp3) is 0.176. The second kappa shape index (κ2) is 6.76. The summed E-state index contributed by atoms with van der Waals surface area (Å²) in [6.45, 7) is 3.26. The van der Waals surface area contributed by atoms with E-state index in [9.17, 15) is 0 Å². The van der Waals surface area contributed by atoms with Gasteiger partial charge >= 0.3 is 0 Å². The summed E-state index contributed by atoms with van der Waals surface area (Å²) < 4.78 is 7.66. The molecular formula is C17H18N4O. The molecule has 5 heteroatoms. The number of benzene rings is 2. The molecule has 3 aromatic rings. The van der Waals surface area contributed by atoms with Gasteiger partial charge in [0.25, 0.3) is 0 Å². The molecule has 0 unspecified atom stereocenters. The van der Waals surface area contributed by atoms with Crippen LogP contribution in [-0.2, 0) is 6.54 Å². The summed E-state index contributed by atoms with van der Waals surface area (Å²) in [6, 6.07) is 16.2.